The van der Waals surface area contributed by atoms with E-state index in [1.807, 2.05) is 30.3 Å². The summed E-state index contributed by atoms with van der Waals surface area (Å²) in [7, 11) is 0. The van der Waals surface area contributed by atoms with E-state index in [0.717, 1.165) is 5.56 Å². The number of esters is 1. The van der Waals surface area contributed by atoms with Crippen LogP contribution in [0.4, 0.5) is 0 Å². The molecule has 1 aromatic carbocycles. The third kappa shape index (κ3) is 4.94. The lowest BCUT2D eigenvalue weighted by atomic mass is 10.1. The summed E-state index contributed by atoms with van der Waals surface area (Å²) in [5.74, 6) is -1.16. The fourth-order valence-electron chi connectivity index (χ4n) is 1.34. The molecule has 98 valence electrons. The number of primary amides is 1. The predicted octanol–water partition coefficient (Wildman–Crippen LogP) is 0.343. The standard InChI is InChI=1S/C12H16N2O4/c13-12(16)10(14-17)6-7-11(15)18-8-9-4-2-1-3-5-9/h1-5,10,14,17H,6-8H2,(H2,13,16)/t10-/m0/s1. The zero-order valence-electron chi connectivity index (χ0n) is 9.83. The minimum Gasteiger partial charge on any atom is -0.461 e. The lowest BCUT2D eigenvalue weighted by molar-refractivity contribution is -0.145. The van der Waals surface area contributed by atoms with E-state index in [9.17, 15) is 9.59 Å². The highest BCUT2D eigenvalue weighted by molar-refractivity contribution is 5.80. The van der Waals surface area contributed by atoms with Crippen molar-refractivity contribution in [2.24, 2.45) is 5.73 Å². The van der Waals surface area contributed by atoms with Gasteiger partial charge in [0.1, 0.15) is 12.6 Å². The molecular formula is C12H16N2O4. The second kappa shape index (κ2) is 7.41. The monoisotopic (exact) mass is 252 g/mol. The Kier molecular flexibility index (Phi) is 5.83. The summed E-state index contributed by atoms with van der Waals surface area (Å²) in [4.78, 5) is 22.1. The van der Waals surface area contributed by atoms with Crippen LogP contribution in [-0.2, 0) is 20.9 Å². The number of rotatable bonds is 7. The molecule has 0 fully saturated rings. The number of carbonyl (C=O) groups excluding carboxylic acids is 2. The van der Waals surface area contributed by atoms with Crippen LogP contribution in [0.2, 0.25) is 0 Å². The van der Waals surface area contributed by atoms with Crippen molar-refractivity contribution >= 4 is 11.9 Å². The number of hydrogen-bond donors (Lipinski definition) is 3. The molecule has 4 N–H and O–H groups in total. The van der Waals surface area contributed by atoms with E-state index in [2.05, 4.69) is 0 Å². The average Bonchev–Trinajstić information content (AvgIpc) is 2.38. The molecule has 1 aromatic rings. The van der Waals surface area contributed by atoms with Crippen LogP contribution in [0, 0.1) is 0 Å². The van der Waals surface area contributed by atoms with Gasteiger partial charge >= 0.3 is 5.97 Å². The van der Waals surface area contributed by atoms with Crippen molar-refractivity contribution in [1.82, 2.24) is 5.48 Å². The first-order chi connectivity index (χ1) is 8.63. The van der Waals surface area contributed by atoms with Crippen molar-refractivity contribution in [1.29, 1.82) is 0 Å². The van der Waals surface area contributed by atoms with Crippen LogP contribution >= 0.6 is 0 Å². The second-order valence-corrected chi connectivity index (χ2v) is 3.77. The molecule has 0 aromatic heterocycles. The molecule has 0 saturated heterocycles. The summed E-state index contributed by atoms with van der Waals surface area (Å²) >= 11 is 0. The molecule has 0 aliphatic rings. The van der Waals surface area contributed by atoms with Crippen LogP contribution in [0.25, 0.3) is 0 Å². The van der Waals surface area contributed by atoms with Gasteiger partial charge in [0.25, 0.3) is 0 Å². The van der Waals surface area contributed by atoms with Crippen LogP contribution < -0.4 is 11.2 Å². The van der Waals surface area contributed by atoms with Gasteiger partial charge in [-0.3, -0.25) is 9.59 Å². The maximum atomic E-state index is 11.4. The van der Waals surface area contributed by atoms with Crippen LogP contribution in [0.5, 0.6) is 0 Å². The van der Waals surface area contributed by atoms with E-state index in [-0.39, 0.29) is 19.4 Å². The Labute approximate surface area is 105 Å². The number of hydrogen-bond acceptors (Lipinski definition) is 5. The molecule has 6 heteroatoms. The zero-order chi connectivity index (χ0) is 13.4. The van der Waals surface area contributed by atoms with Gasteiger partial charge in [0.05, 0.1) is 0 Å². The number of nitrogens with one attached hydrogen (secondary N) is 1. The average molecular weight is 252 g/mol. The molecule has 0 saturated carbocycles. The summed E-state index contributed by atoms with van der Waals surface area (Å²) in [5, 5.41) is 8.61. The van der Waals surface area contributed by atoms with Gasteiger partial charge in [-0.2, -0.15) is 5.48 Å². The van der Waals surface area contributed by atoms with E-state index >= 15 is 0 Å². The van der Waals surface area contributed by atoms with Crippen molar-refractivity contribution < 1.29 is 19.5 Å². The van der Waals surface area contributed by atoms with Gasteiger partial charge in [-0.25, -0.2) is 0 Å². The number of benzene rings is 1. The first-order valence-corrected chi connectivity index (χ1v) is 5.52. The summed E-state index contributed by atoms with van der Waals surface area (Å²) in [5.41, 5.74) is 7.62. The van der Waals surface area contributed by atoms with E-state index < -0.39 is 17.9 Å². The van der Waals surface area contributed by atoms with Crippen LogP contribution in [0.15, 0.2) is 30.3 Å². The van der Waals surface area contributed by atoms with Gasteiger partial charge in [-0.15, -0.1) is 0 Å². The van der Waals surface area contributed by atoms with Gasteiger partial charge in [-0.05, 0) is 12.0 Å². The third-order valence-corrected chi connectivity index (χ3v) is 2.38. The molecular weight excluding hydrogens is 236 g/mol. The smallest absolute Gasteiger partial charge is 0.306 e. The largest absolute Gasteiger partial charge is 0.461 e. The normalized spacial score (nSPS) is 11.8. The Hall–Kier alpha value is -1.92. The van der Waals surface area contributed by atoms with Crippen molar-refractivity contribution in [3.8, 4) is 0 Å². The van der Waals surface area contributed by atoms with Crippen molar-refractivity contribution in [2.45, 2.75) is 25.5 Å². The maximum absolute atomic E-state index is 11.4. The van der Waals surface area contributed by atoms with Crippen molar-refractivity contribution in [3.63, 3.8) is 0 Å². The molecule has 1 rings (SSSR count). The molecule has 6 nitrogen and oxygen atoms in total. The lowest BCUT2D eigenvalue weighted by Gasteiger charge is -2.10. The van der Waals surface area contributed by atoms with Gasteiger partial charge < -0.3 is 15.7 Å². The Bertz CT molecular complexity index is 394. The predicted molar refractivity (Wildman–Crippen MR) is 63.4 cm³/mol. The SMILES string of the molecule is NC(=O)[C@H](CCC(=O)OCc1ccccc1)NO. The molecule has 0 unspecified atom stereocenters. The maximum Gasteiger partial charge on any atom is 0.306 e. The number of carbonyl (C=O) groups is 2. The summed E-state index contributed by atoms with van der Waals surface area (Å²) in [6.07, 6.45) is 0.105. The zero-order valence-corrected chi connectivity index (χ0v) is 9.83. The minimum absolute atomic E-state index is 0.00794. The number of hydroxylamine groups is 1. The van der Waals surface area contributed by atoms with E-state index in [4.69, 9.17) is 15.7 Å². The number of nitrogens with two attached hydrogens (primary N) is 1. The highest BCUT2D eigenvalue weighted by Gasteiger charge is 2.16. The topological polar surface area (TPSA) is 102 Å². The van der Waals surface area contributed by atoms with Crippen LogP contribution in [0.1, 0.15) is 18.4 Å². The van der Waals surface area contributed by atoms with Gasteiger partial charge in [0, 0.05) is 6.42 Å². The number of amides is 1. The van der Waals surface area contributed by atoms with Gasteiger partial charge in [-0.1, -0.05) is 30.3 Å². The van der Waals surface area contributed by atoms with E-state index in [1.54, 1.807) is 5.48 Å². The highest BCUT2D eigenvalue weighted by Crippen LogP contribution is 2.04. The molecule has 0 aliphatic carbocycles. The van der Waals surface area contributed by atoms with Crippen LogP contribution in [-0.4, -0.2) is 23.1 Å². The van der Waals surface area contributed by atoms with Crippen LogP contribution in [0.3, 0.4) is 0 Å². The van der Waals surface area contributed by atoms with E-state index in [1.165, 1.54) is 0 Å². The quantitative estimate of drug-likeness (QED) is 0.480. The summed E-state index contributed by atoms with van der Waals surface area (Å²) in [6, 6.07) is 8.32. The van der Waals surface area contributed by atoms with E-state index in [0.29, 0.717) is 0 Å². The Morgan fingerprint density at radius 3 is 2.56 bits per heavy atom. The first kappa shape index (κ1) is 14.1. The summed E-state index contributed by atoms with van der Waals surface area (Å²) < 4.78 is 5.00. The molecule has 0 heterocycles. The fourth-order valence-corrected chi connectivity index (χ4v) is 1.34. The van der Waals surface area contributed by atoms with Crippen molar-refractivity contribution in [2.75, 3.05) is 0 Å². The molecule has 1 amide bonds. The highest BCUT2D eigenvalue weighted by atomic mass is 16.5. The second-order valence-electron chi connectivity index (χ2n) is 3.77. The molecule has 0 aliphatic heterocycles. The molecule has 1 atom stereocenters. The Morgan fingerprint density at radius 1 is 1.33 bits per heavy atom. The Morgan fingerprint density at radius 2 is 2.00 bits per heavy atom. The molecule has 0 bridgehead atoms. The molecule has 0 radical (unpaired) electrons. The molecule has 18 heavy (non-hydrogen) atoms. The van der Waals surface area contributed by atoms with Crippen molar-refractivity contribution in [3.05, 3.63) is 35.9 Å². The van der Waals surface area contributed by atoms with Gasteiger partial charge in [0.2, 0.25) is 5.91 Å². The lowest BCUT2D eigenvalue weighted by Crippen LogP contribution is -2.39. The van der Waals surface area contributed by atoms with Gasteiger partial charge in [0.15, 0.2) is 0 Å². The Balaban J connectivity index is 2.28. The number of ether oxygens (including phenoxy) is 1. The molecule has 0 spiro atoms. The minimum atomic E-state index is -0.936. The summed E-state index contributed by atoms with van der Waals surface area (Å²) in [6.45, 7) is 0.188. The third-order valence-electron chi connectivity index (χ3n) is 2.38. The fraction of sp³-hybridized carbons (Fsp3) is 0.333. The first-order valence-electron chi connectivity index (χ1n) is 5.52.